The van der Waals surface area contributed by atoms with Crippen LogP contribution in [0.15, 0.2) is 12.4 Å². The molecule has 0 fully saturated rings. The van der Waals surface area contributed by atoms with E-state index in [1.165, 1.54) is 5.82 Å². The van der Waals surface area contributed by atoms with Crippen LogP contribution < -0.4 is 5.32 Å². The molecule has 0 amide bonds. The van der Waals surface area contributed by atoms with Crippen LogP contribution in [0.3, 0.4) is 0 Å². The molecule has 0 spiro atoms. The first-order valence-corrected chi connectivity index (χ1v) is 6.74. The van der Waals surface area contributed by atoms with E-state index in [0.717, 1.165) is 25.8 Å². The smallest absolute Gasteiger partial charge is 0.108 e. The van der Waals surface area contributed by atoms with E-state index in [9.17, 15) is 0 Å². The van der Waals surface area contributed by atoms with E-state index in [2.05, 4.69) is 55.7 Å². The molecule has 0 bridgehead atoms. The first-order chi connectivity index (χ1) is 7.98. The van der Waals surface area contributed by atoms with Crippen molar-refractivity contribution >= 4 is 0 Å². The predicted octanol–water partition coefficient (Wildman–Crippen LogP) is 3.17. The lowest BCUT2D eigenvalue weighted by Gasteiger charge is -2.26. The van der Waals surface area contributed by atoms with Gasteiger partial charge in [-0.2, -0.15) is 0 Å². The van der Waals surface area contributed by atoms with Crippen molar-refractivity contribution < 1.29 is 0 Å². The molecule has 0 radical (unpaired) electrons. The highest BCUT2D eigenvalue weighted by molar-refractivity contribution is 4.96. The van der Waals surface area contributed by atoms with Crippen LogP contribution >= 0.6 is 0 Å². The van der Waals surface area contributed by atoms with Crippen LogP contribution in [-0.2, 0) is 6.42 Å². The first kappa shape index (κ1) is 14.2. The van der Waals surface area contributed by atoms with Gasteiger partial charge in [-0.05, 0) is 33.6 Å². The zero-order valence-corrected chi connectivity index (χ0v) is 12.0. The molecule has 1 heterocycles. The van der Waals surface area contributed by atoms with Gasteiger partial charge >= 0.3 is 0 Å². The van der Waals surface area contributed by atoms with Gasteiger partial charge in [-0.1, -0.05) is 13.8 Å². The molecule has 17 heavy (non-hydrogen) atoms. The van der Waals surface area contributed by atoms with E-state index in [4.69, 9.17) is 0 Å². The fourth-order valence-corrected chi connectivity index (χ4v) is 1.96. The molecule has 0 aromatic carbocycles. The Morgan fingerprint density at radius 3 is 2.59 bits per heavy atom. The van der Waals surface area contributed by atoms with Crippen LogP contribution in [0.2, 0.25) is 0 Å². The highest BCUT2D eigenvalue weighted by atomic mass is 15.1. The topological polar surface area (TPSA) is 29.9 Å². The van der Waals surface area contributed by atoms with Gasteiger partial charge in [0, 0.05) is 36.9 Å². The second-order valence-electron chi connectivity index (χ2n) is 5.69. The van der Waals surface area contributed by atoms with Gasteiger partial charge in [0.1, 0.15) is 5.82 Å². The van der Waals surface area contributed by atoms with E-state index < -0.39 is 0 Å². The van der Waals surface area contributed by atoms with Crippen LogP contribution in [0.1, 0.15) is 59.3 Å². The van der Waals surface area contributed by atoms with Gasteiger partial charge in [-0.3, -0.25) is 0 Å². The molecule has 3 nitrogen and oxygen atoms in total. The monoisotopic (exact) mass is 237 g/mol. The molecule has 0 saturated heterocycles. The van der Waals surface area contributed by atoms with Crippen LogP contribution in [0.25, 0.3) is 0 Å². The Morgan fingerprint density at radius 1 is 1.35 bits per heavy atom. The maximum absolute atomic E-state index is 4.45. The molecule has 1 atom stereocenters. The molecule has 1 aromatic heterocycles. The van der Waals surface area contributed by atoms with E-state index in [1.807, 2.05) is 6.20 Å². The highest BCUT2D eigenvalue weighted by Crippen LogP contribution is 2.15. The lowest BCUT2D eigenvalue weighted by molar-refractivity contribution is 0.355. The second-order valence-corrected chi connectivity index (χ2v) is 5.69. The predicted molar refractivity (Wildman–Crippen MR) is 73.3 cm³/mol. The normalized spacial score (nSPS) is 13.9. The maximum atomic E-state index is 4.45. The van der Waals surface area contributed by atoms with Crippen LogP contribution in [0, 0.1) is 0 Å². The summed E-state index contributed by atoms with van der Waals surface area (Å²) >= 11 is 0. The fourth-order valence-electron chi connectivity index (χ4n) is 1.96. The highest BCUT2D eigenvalue weighted by Gasteiger charge is 2.16. The number of nitrogens with one attached hydrogen (secondary N) is 1. The van der Waals surface area contributed by atoms with Crippen molar-refractivity contribution in [3.05, 3.63) is 18.2 Å². The van der Waals surface area contributed by atoms with Crippen LogP contribution in [-0.4, -0.2) is 21.6 Å². The number of imidazole rings is 1. The fraction of sp³-hybridized carbons (Fsp3) is 0.786. The summed E-state index contributed by atoms with van der Waals surface area (Å²) in [4.78, 5) is 4.45. The molecule has 1 aromatic rings. The van der Waals surface area contributed by atoms with Crippen LogP contribution in [0.5, 0.6) is 0 Å². The average Bonchev–Trinajstić information content (AvgIpc) is 2.66. The van der Waals surface area contributed by atoms with Crippen LogP contribution in [0.4, 0.5) is 0 Å². The van der Waals surface area contributed by atoms with Crippen molar-refractivity contribution in [3.8, 4) is 0 Å². The summed E-state index contributed by atoms with van der Waals surface area (Å²) in [6, 6.07) is 0.512. The minimum Gasteiger partial charge on any atom is -0.331 e. The molecule has 1 unspecified atom stereocenters. The summed E-state index contributed by atoms with van der Waals surface area (Å²) < 4.78 is 2.34. The molecule has 1 rings (SSSR count). The molecular weight excluding hydrogens is 210 g/mol. The third-order valence-electron chi connectivity index (χ3n) is 2.96. The lowest BCUT2D eigenvalue weighted by Crippen LogP contribution is -2.39. The van der Waals surface area contributed by atoms with Gasteiger partial charge in [0.15, 0.2) is 0 Å². The van der Waals surface area contributed by atoms with Gasteiger partial charge in [-0.25, -0.2) is 4.98 Å². The van der Waals surface area contributed by atoms with Crippen molar-refractivity contribution in [2.24, 2.45) is 0 Å². The van der Waals surface area contributed by atoms with Crippen molar-refractivity contribution in [3.63, 3.8) is 0 Å². The molecule has 1 N–H and O–H groups in total. The van der Waals surface area contributed by atoms with Crippen molar-refractivity contribution in [2.45, 2.75) is 65.5 Å². The number of hydrogen-bond acceptors (Lipinski definition) is 2. The molecule has 0 saturated carbocycles. The zero-order chi connectivity index (χ0) is 12.9. The van der Waals surface area contributed by atoms with E-state index in [1.54, 1.807) is 0 Å². The number of aryl methyl sites for hydroxylation is 1. The minimum atomic E-state index is 0.179. The summed E-state index contributed by atoms with van der Waals surface area (Å²) in [6.07, 6.45) is 7.39. The number of nitrogens with zero attached hydrogens (tertiary/aromatic N) is 2. The quantitative estimate of drug-likeness (QED) is 0.823. The first-order valence-electron chi connectivity index (χ1n) is 6.74. The van der Waals surface area contributed by atoms with E-state index >= 15 is 0 Å². The Morgan fingerprint density at radius 2 is 2.06 bits per heavy atom. The summed E-state index contributed by atoms with van der Waals surface area (Å²) in [5.74, 6) is 1.22. The van der Waals surface area contributed by atoms with Crippen molar-refractivity contribution in [1.82, 2.24) is 14.9 Å². The van der Waals surface area contributed by atoms with Crippen molar-refractivity contribution in [2.75, 3.05) is 6.54 Å². The lowest BCUT2D eigenvalue weighted by atomic mass is 10.1. The Balaban J connectivity index is 2.69. The van der Waals surface area contributed by atoms with Gasteiger partial charge in [0.25, 0.3) is 0 Å². The van der Waals surface area contributed by atoms with Gasteiger partial charge < -0.3 is 9.88 Å². The Bertz CT molecular complexity index is 322. The number of aromatic nitrogens is 2. The summed E-state index contributed by atoms with van der Waals surface area (Å²) in [5.41, 5.74) is 0.179. The summed E-state index contributed by atoms with van der Waals surface area (Å²) in [6.45, 7) is 12.1. The van der Waals surface area contributed by atoms with E-state index in [0.29, 0.717) is 6.04 Å². The third kappa shape index (κ3) is 4.50. The molecule has 0 aliphatic carbocycles. The van der Waals surface area contributed by atoms with Crippen molar-refractivity contribution in [1.29, 1.82) is 0 Å². The Hall–Kier alpha value is -0.830. The van der Waals surface area contributed by atoms with Gasteiger partial charge in [-0.15, -0.1) is 0 Å². The van der Waals surface area contributed by atoms with E-state index in [-0.39, 0.29) is 5.54 Å². The summed E-state index contributed by atoms with van der Waals surface area (Å²) in [5, 5.41) is 3.58. The standard InChI is InChI=1S/C14H27N3/c1-6-8-13-15-9-10-17(13)12(7-2)11-16-14(3,4)5/h9-10,12,16H,6-8,11H2,1-5H3. The third-order valence-corrected chi connectivity index (χ3v) is 2.96. The molecular formula is C14H27N3. The average molecular weight is 237 g/mol. The summed E-state index contributed by atoms with van der Waals surface area (Å²) in [7, 11) is 0. The second kappa shape index (κ2) is 6.20. The SMILES string of the molecule is CCCc1nccn1C(CC)CNC(C)(C)C. The molecule has 0 aliphatic rings. The zero-order valence-electron chi connectivity index (χ0n) is 12.0. The maximum Gasteiger partial charge on any atom is 0.108 e. The Labute approximate surface area is 106 Å². The molecule has 3 heteroatoms. The largest absolute Gasteiger partial charge is 0.331 e. The number of hydrogen-bond donors (Lipinski definition) is 1. The van der Waals surface area contributed by atoms with Gasteiger partial charge in [0.05, 0.1) is 0 Å². The number of rotatable bonds is 6. The Kier molecular flexibility index (Phi) is 5.19. The minimum absolute atomic E-state index is 0.179. The van der Waals surface area contributed by atoms with Gasteiger partial charge in [0.2, 0.25) is 0 Å². The molecule has 0 aliphatic heterocycles. The molecule has 98 valence electrons.